The Morgan fingerprint density at radius 2 is 1.92 bits per heavy atom. The number of carbonyl (C=O) groups excluding carboxylic acids is 1. The maximum absolute atomic E-state index is 12.3. The van der Waals surface area contributed by atoms with Crippen molar-refractivity contribution in [2.75, 3.05) is 6.54 Å². The second-order valence-corrected chi connectivity index (χ2v) is 7.04. The zero-order valence-corrected chi connectivity index (χ0v) is 16.1. The molecular weight excluding hydrogens is 372 g/mol. The number of rotatable bonds is 5. The molecule has 0 radical (unpaired) electrons. The minimum Gasteiger partial charge on any atom is -0.350 e. The summed E-state index contributed by atoms with van der Waals surface area (Å²) in [4.78, 5) is 29.3. The molecule has 1 aromatic carbocycles. The number of halogens is 1. The Bertz CT molecular complexity index is 950. The standard InChI is InChI=1S/C18H20N4O2S.ClH/c1-11(2)12-3-5-13(6-4-12)15(19)10-20-16(23)14-9-21-18-22(17(14)24)7-8-25-18;/h3-9,11,15H,10,19H2,1-2H3,(H,20,23);1H. The van der Waals surface area contributed by atoms with Gasteiger partial charge in [-0.15, -0.1) is 23.7 Å². The fourth-order valence-electron chi connectivity index (χ4n) is 2.52. The summed E-state index contributed by atoms with van der Waals surface area (Å²) in [7, 11) is 0. The molecule has 3 N–H and O–H groups in total. The minimum absolute atomic E-state index is 0. The number of amides is 1. The molecule has 0 saturated heterocycles. The van der Waals surface area contributed by atoms with Crippen LogP contribution in [0.4, 0.5) is 0 Å². The van der Waals surface area contributed by atoms with Gasteiger partial charge in [0.25, 0.3) is 11.5 Å². The highest BCUT2D eigenvalue weighted by atomic mass is 35.5. The van der Waals surface area contributed by atoms with Gasteiger partial charge >= 0.3 is 0 Å². The van der Waals surface area contributed by atoms with Crippen molar-refractivity contribution >= 4 is 34.6 Å². The van der Waals surface area contributed by atoms with Crippen LogP contribution in [0, 0.1) is 0 Å². The number of nitrogens with zero attached hydrogens (tertiary/aromatic N) is 2. The van der Waals surface area contributed by atoms with Crippen LogP contribution < -0.4 is 16.6 Å². The van der Waals surface area contributed by atoms with Gasteiger partial charge in [-0.3, -0.25) is 14.0 Å². The third-order valence-corrected chi connectivity index (χ3v) is 4.87. The summed E-state index contributed by atoms with van der Waals surface area (Å²) in [6.45, 7) is 4.50. The van der Waals surface area contributed by atoms with E-state index in [1.807, 2.05) is 24.3 Å². The van der Waals surface area contributed by atoms with E-state index in [2.05, 4.69) is 24.1 Å². The minimum atomic E-state index is -0.465. The van der Waals surface area contributed by atoms with Crippen molar-refractivity contribution in [1.29, 1.82) is 0 Å². The summed E-state index contributed by atoms with van der Waals surface area (Å²) in [5, 5.41) is 4.47. The molecule has 0 aliphatic carbocycles. The maximum atomic E-state index is 12.3. The van der Waals surface area contributed by atoms with Crippen molar-refractivity contribution in [1.82, 2.24) is 14.7 Å². The SMILES string of the molecule is CC(C)c1ccc(C(N)CNC(=O)c2cnc3sccn3c2=O)cc1.Cl. The van der Waals surface area contributed by atoms with Gasteiger partial charge in [0, 0.05) is 30.4 Å². The van der Waals surface area contributed by atoms with Crippen LogP contribution in [-0.4, -0.2) is 21.8 Å². The van der Waals surface area contributed by atoms with Gasteiger partial charge in [-0.2, -0.15) is 0 Å². The number of thiazole rings is 1. The van der Waals surface area contributed by atoms with Crippen LogP contribution in [0.2, 0.25) is 0 Å². The van der Waals surface area contributed by atoms with Crippen LogP contribution in [0.25, 0.3) is 4.96 Å². The molecule has 0 spiro atoms. The lowest BCUT2D eigenvalue weighted by Gasteiger charge is -2.14. The second-order valence-electron chi connectivity index (χ2n) is 6.17. The van der Waals surface area contributed by atoms with Gasteiger partial charge in [0.15, 0.2) is 4.96 Å². The van der Waals surface area contributed by atoms with E-state index >= 15 is 0 Å². The molecule has 0 bridgehead atoms. The summed E-state index contributed by atoms with van der Waals surface area (Å²) in [6, 6.07) is 7.69. The lowest BCUT2D eigenvalue weighted by atomic mass is 9.99. The predicted molar refractivity (Wildman–Crippen MR) is 106 cm³/mol. The average molecular weight is 393 g/mol. The monoisotopic (exact) mass is 392 g/mol. The number of hydrogen-bond acceptors (Lipinski definition) is 5. The topological polar surface area (TPSA) is 89.5 Å². The van der Waals surface area contributed by atoms with Crippen LogP contribution in [0.5, 0.6) is 0 Å². The lowest BCUT2D eigenvalue weighted by Crippen LogP contribution is -2.35. The first-order chi connectivity index (χ1) is 12.0. The molecule has 2 heterocycles. The Balaban J connectivity index is 0.00000243. The van der Waals surface area contributed by atoms with Gasteiger partial charge in [-0.05, 0) is 17.0 Å². The van der Waals surface area contributed by atoms with Crippen molar-refractivity contribution in [2.24, 2.45) is 5.73 Å². The van der Waals surface area contributed by atoms with E-state index in [4.69, 9.17) is 5.73 Å². The van der Waals surface area contributed by atoms with E-state index in [0.29, 0.717) is 10.9 Å². The van der Waals surface area contributed by atoms with Crippen LogP contribution in [0.1, 0.15) is 47.3 Å². The Kier molecular flexibility index (Phi) is 6.52. The van der Waals surface area contributed by atoms with Crippen molar-refractivity contribution in [2.45, 2.75) is 25.8 Å². The number of benzene rings is 1. The highest BCUT2D eigenvalue weighted by Gasteiger charge is 2.15. The van der Waals surface area contributed by atoms with Gasteiger partial charge in [0.2, 0.25) is 0 Å². The number of fused-ring (bicyclic) bond motifs is 1. The lowest BCUT2D eigenvalue weighted by molar-refractivity contribution is 0.0949. The predicted octanol–water partition coefficient (Wildman–Crippen LogP) is 2.73. The Labute approximate surface area is 161 Å². The molecule has 3 aromatic rings. The first-order valence-corrected chi connectivity index (χ1v) is 8.94. The summed E-state index contributed by atoms with van der Waals surface area (Å²) >= 11 is 1.34. The summed E-state index contributed by atoms with van der Waals surface area (Å²) in [6.07, 6.45) is 2.92. The molecule has 138 valence electrons. The molecule has 6 nitrogen and oxygen atoms in total. The van der Waals surface area contributed by atoms with E-state index in [1.54, 1.807) is 11.6 Å². The summed E-state index contributed by atoms with van der Waals surface area (Å²) < 4.78 is 1.37. The van der Waals surface area contributed by atoms with E-state index in [-0.39, 0.29) is 36.1 Å². The third kappa shape index (κ3) is 4.12. The smallest absolute Gasteiger partial charge is 0.271 e. The van der Waals surface area contributed by atoms with Gasteiger partial charge in [-0.25, -0.2) is 4.98 Å². The van der Waals surface area contributed by atoms with Gasteiger partial charge in [0.05, 0.1) is 0 Å². The number of nitrogens with two attached hydrogens (primary N) is 1. The summed E-state index contributed by atoms with van der Waals surface area (Å²) in [5.74, 6) is -0.00942. The number of aromatic nitrogens is 2. The molecule has 1 atom stereocenters. The van der Waals surface area contributed by atoms with Crippen molar-refractivity contribution in [3.63, 3.8) is 0 Å². The highest BCUT2D eigenvalue weighted by Crippen LogP contribution is 2.17. The van der Waals surface area contributed by atoms with Crippen LogP contribution in [0.3, 0.4) is 0 Å². The number of hydrogen-bond donors (Lipinski definition) is 2. The zero-order valence-electron chi connectivity index (χ0n) is 14.5. The fourth-order valence-corrected chi connectivity index (χ4v) is 3.20. The molecule has 0 saturated carbocycles. The van der Waals surface area contributed by atoms with Crippen molar-refractivity contribution < 1.29 is 4.79 Å². The Morgan fingerprint density at radius 3 is 2.58 bits per heavy atom. The first kappa shape index (κ1) is 20.1. The van der Waals surface area contributed by atoms with E-state index in [0.717, 1.165) is 5.56 Å². The average Bonchev–Trinajstić information content (AvgIpc) is 3.09. The molecule has 8 heteroatoms. The molecular formula is C18H21ClN4O2S. The third-order valence-electron chi connectivity index (χ3n) is 4.10. The van der Waals surface area contributed by atoms with Gasteiger partial charge < -0.3 is 11.1 Å². The molecule has 1 amide bonds. The second kappa shape index (κ2) is 8.44. The zero-order chi connectivity index (χ0) is 18.0. The van der Waals surface area contributed by atoms with Gasteiger partial charge in [-0.1, -0.05) is 38.1 Å². The fraction of sp³-hybridized carbons (Fsp3) is 0.278. The quantitative estimate of drug-likeness (QED) is 0.698. The Morgan fingerprint density at radius 1 is 1.27 bits per heavy atom. The van der Waals surface area contributed by atoms with Gasteiger partial charge in [0.1, 0.15) is 5.56 Å². The molecule has 0 fully saturated rings. The van der Waals surface area contributed by atoms with E-state index < -0.39 is 5.91 Å². The summed E-state index contributed by atoms with van der Waals surface area (Å²) in [5.41, 5.74) is 7.96. The Hall–Kier alpha value is -2.22. The first-order valence-electron chi connectivity index (χ1n) is 8.06. The highest BCUT2D eigenvalue weighted by molar-refractivity contribution is 7.15. The normalized spacial score (nSPS) is 12.0. The largest absolute Gasteiger partial charge is 0.350 e. The van der Waals surface area contributed by atoms with Crippen LogP contribution in [0.15, 0.2) is 46.8 Å². The van der Waals surface area contributed by atoms with Crippen molar-refractivity contribution in [3.8, 4) is 0 Å². The van der Waals surface area contributed by atoms with E-state index in [9.17, 15) is 9.59 Å². The molecule has 3 rings (SSSR count). The van der Waals surface area contributed by atoms with Crippen molar-refractivity contribution in [3.05, 3.63) is 69.1 Å². The molecule has 0 aliphatic heterocycles. The molecule has 1 unspecified atom stereocenters. The molecule has 2 aromatic heterocycles. The van der Waals surface area contributed by atoms with Crippen LogP contribution >= 0.6 is 23.7 Å². The maximum Gasteiger partial charge on any atom is 0.271 e. The van der Waals surface area contributed by atoms with Crippen LogP contribution in [-0.2, 0) is 0 Å². The van der Waals surface area contributed by atoms with E-state index in [1.165, 1.54) is 27.5 Å². The molecule has 0 aliphatic rings. The number of carbonyl (C=O) groups is 1. The molecule has 26 heavy (non-hydrogen) atoms. The number of nitrogens with one attached hydrogen (secondary N) is 1.